The molecular weight excluding hydrogens is 341 g/mol. The van der Waals surface area contributed by atoms with E-state index in [1.54, 1.807) is 17.8 Å². The molecule has 1 heterocycles. The van der Waals surface area contributed by atoms with Crippen LogP contribution in [0.15, 0.2) is 27.6 Å². The van der Waals surface area contributed by atoms with E-state index >= 15 is 0 Å². The number of thioether (sulfide) groups is 1. The molecule has 0 radical (unpaired) electrons. The van der Waals surface area contributed by atoms with E-state index in [4.69, 9.17) is 5.73 Å². The Morgan fingerprint density at radius 3 is 2.70 bits per heavy atom. The fourth-order valence-corrected chi connectivity index (χ4v) is 3.88. The molecule has 6 heteroatoms. The van der Waals surface area contributed by atoms with Crippen LogP contribution in [-0.4, -0.2) is 9.78 Å². The molecule has 108 valence electrons. The predicted molar refractivity (Wildman–Crippen MR) is 85.4 cm³/mol. The molecule has 1 aromatic carbocycles. The summed E-state index contributed by atoms with van der Waals surface area (Å²) in [5.41, 5.74) is 8.29. The van der Waals surface area contributed by atoms with Gasteiger partial charge in [-0.1, -0.05) is 6.92 Å². The molecule has 0 saturated heterocycles. The van der Waals surface area contributed by atoms with Gasteiger partial charge >= 0.3 is 0 Å². The van der Waals surface area contributed by atoms with E-state index < -0.39 is 0 Å². The molecule has 1 aromatic heterocycles. The number of nitrogen functional groups attached to an aromatic ring is 1. The number of aryl methyl sites for hydroxylation is 2. The van der Waals surface area contributed by atoms with Crippen molar-refractivity contribution in [1.29, 1.82) is 0 Å². The van der Waals surface area contributed by atoms with Crippen molar-refractivity contribution in [2.24, 2.45) is 0 Å². The second-order valence-corrected chi connectivity index (χ2v) is 6.23. The average molecular weight is 358 g/mol. The van der Waals surface area contributed by atoms with Crippen LogP contribution in [0.5, 0.6) is 0 Å². The molecule has 2 aromatic rings. The molecule has 0 aliphatic heterocycles. The number of hydrogen-bond donors (Lipinski definition) is 1. The minimum atomic E-state index is -0.301. The molecule has 0 saturated carbocycles. The maximum absolute atomic E-state index is 13.3. The van der Waals surface area contributed by atoms with Crippen LogP contribution >= 0.6 is 27.7 Å². The standard InChI is InChI=1S/C14H17BrFN3S/c1-3-12-14(15)13(19(4-2)18-12)8-20-11-6-9(16)5-10(17)7-11/h5-7H,3-4,8,17H2,1-2H3. The predicted octanol–water partition coefficient (Wildman–Crippen LogP) is 4.24. The lowest BCUT2D eigenvalue weighted by Crippen LogP contribution is -2.02. The van der Waals surface area contributed by atoms with Gasteiger partial charge in [-0.15, -0.1) is 11.8 Å². The molecule has 0 aliphatic carbocycles. The monoisotopic (exact) mass is 357 g/mol. The van der Waals surface area contributed by atoms with Gasteiger partial charge in [-0.3, -0.25) is 4.68 Å². The number of halogens is 2. The zero-order valence-corrected chi connectivity index (χ0v) is 13.9. The van der Waals surface area contributed by atoms with Crippen LogP contribution in [0.3, 0.4) is 0 Å². The Kier molecular flexibility index (Phi) is 5.10. The van der Waals surface area contributed by atoms with Crippen LogP contribution in [0, 0.1) is 5.82 Å². The minimum Gasteiger partial charge on any atom is -0.399 e. The van der Waals surface area contributed by atoms with E-state index in [1.807, 2.05) is 4.68 Å². The van der Waals surface area contributed by atoms with Gasteiger partial charge in [0.05, 0.1) is 15.9 Å². The summed E-state index contributed by atoms with van der Waals surface area (Å²) in [5, 5.41) is 4.55. The van der Waals surface area contributed by atoms with Crippen molar-refractivity contribution < 1.29 is 4.39 Å². The van der Waals surface area contributed by atoms with Crippen LogP contribution in [0.1, 0.15) is 25.2 Å². The van der Waals surface area contributed by atoms with Crippen LogP contribution in [0.4, 0.5) is 10.1 Å². The lowest BCUT2D eigenvalue weighted by Gasteiger charge is -2.06. The first-order valence-corrected chi connectivity index (χ1v) is 8.25. The normalized spacial score (nSPS) is 11.0. The van der Waals surface area contributed by atoms with Gasteiger partial charge in [0.15, 0.2) is 0 Å². The van der Waals surface area contributed by atoms with Crippen LogP contribution in [-0.2, 0) is 18.7 Å². The van der Waals surface area contributed by atoms with Crippen molar-refractivity contribution in [3.63, 3.8) is 0 Å². The number of aromatic nitrogens is 2. The Labute approximate surface area is 130 Å². The molecule has 0 aliphatic rings. The third kappa shape index (κ3) is 3.35. The van der Waals surface area contributed by atoms with Crippen molar-refractivity contribution in [2.45, 2.75) is 37.5 Å². The van der Waals surface area contributed by atoms with Gasteiger partial charge in [0.2, 0.25) is 0 Å². The number of anilines is 1. The van der Waals surface area contributed by atoms with Crippen molar-refractivity contribution in [3.8, 4) is 0 Å². The maximum atomic E-state index is 13.3. The fourth-order valence-electron chi connectivity index (χ4n) is 1.97. The van der Waals surface area contributed by atoms with Crippen LogP contribution < -0.4 is 5.73 Å². The number of nitrogens with zero attached hydrogens (tertiary/aromatic N) is 2. The fraction of sp³-hybridized carbons (Fsp3) is 0.357. The third-order valence-electron chi connectivity index (χ3n) is 2.96. The smallest absolute Gasteiger partial charge is 0.126 e. The summed E-state index contributed by atoms with van der Waals surface area (Å²) >= 11 is 5.17. The molecule has 2 N–H and O–H groups in total. The van der Waals surface area contributed by atoms with E-state index in [-0.39, 0.29) is 5.82 Å². The first-order chi connectivity index (χ1) is 9.55. The number of hydrogen-bond acceptors (Lipinski definition) is 3. The molecule has 20 heavy (non-hydrogen) atoms. The molecular formula is C14H17BrFN3S. The zero-order chi connectivity index (χ0) is 14.7. The molecule has 0 fully saturated rings. The molecule has 3 nitrogen and oxygen atoms in total. The van der Waals surface area contributed by atoms with Crippen molar-refractivity contribution in [3.05, 3.63) is 39.9 Å². The second kappa shape index (κ2) is 6.63. The lowest BCUT2D eigenvalue weighted by atomic mass is 10.3. The van der Waals surface area contributed by atoms with Gasteiger partial charge in [0, 0.05) is 22.9 Å². The second-order valence-electron chi connectivity index (χ2n) is 4.39. The molecule has 0 bridgehead atoms. The van der Waals surface area contributed by atoms with E-state index in [1.165, 1.54) is 12.1 Å². The number of benzene rings is 1. The highest BCUT2D eigenvalue weighted by Gasteiger charge is 2.14. The van der Waals surface area contributed by atoms with Crippen molar-refractivity contribution in [1.82, 2.24) is 9.78 Å². The first-order valence-electron chi connectivity index (χ1n) is 6.48. The largest absolute Gasteiger partial charge is 0.399 e. The molecule has 0 unspecified atom stereocenters. The van der Waals surface area contributed by atoms with Gasteiger partial charge in [-0.05, 0) is 47.5 Å². The Bertz CT molecular complexity index is 592. The van der Waals surface area contributed by atoms with Crippen LogP contribution in [0.2, 0.25) is 0 Å². The molecule has 0 atom stereocenters. The third-order valence-corrected chi connectivity index (χ3v) is 4.87. The minimum absolute atomic E-state index is 0.301. The topological polar surface area (TPSA) is 43.8 Å². The lowest BCUT2D eigenvalue weighted by molar-refractivity contribution is 0.624. The SMILES string of the molecule is CCc1nn(CC)c(CSc2cc(N)cc(F)c2)c1Br. The summed E-state index contributed by atoms with van der Waals surface area (Å²) in [6, 6.07) is 4.61. The summed E-state index contributed by atoms with van der Waals surface area (Å²) in [6.07, 6.45) is 0.887. The van der Waals surface area contributed by atoms with Crippen molar-refractivity contribution >= 4 is 33.4 Å². The Morgan fingerprint density at radius 2 is 2.10 bits per heavy atom. The zero-order valence-electron chi connectivity index (χ0n) is 11.5. The summed E-state index contributed by atoms with van der Waals surface area (Å²) < 4.78 is 16.4. The van der Waals surface area contributed by atoms with E-state index in [9.17, 15) is 4.39 Å². The average Bonchev–Trinajstić information content (AvgIpc) is 2.71. The highest BCUT2D eigenvalue weighted by atomic mass is 79.9. The summed E-state index contributed by atoms with van der Waals surface area (Å²) in [5.74, 6) is 0.425. The number of rotatable bonds is 5. The molecule has 0 amide bonds. The summed E-state index contributed by atoms with van der Waals surface area (Å²) in [4.78, 5) is 0.830. The first kappa shape index (κ1) is 15.4. The Morgan fingerprint density at radius 1 is 1.35 bits per heavy atom. The van der Waals surface area contributed by atoms with Gasteiger partial charge in [0.1, 0.15) is 5.82 Å². The molecule has 2 rings (SSSR count). The maximum Gasteiger partial charge on any atom is 0.126 e. The van der Waals surface area contributed by atoms with Gasteiger partial charge in [0.25, 0.3) is 0 Å². The Balaban J connectivity index is 2.20. The van der Waals surface area contributed by atoms with Gasteiger partial charge < -0.3 is 5.73 Å². The Hall–Kier alpha value is -1.01. The van der Waals surface area contributed by atoms with E-state index in [0.29, 0.717) is 5.69 Å². The highest BCUT2D eigenvalue weighted by molar-refractivity contribution is 9.10. The van der Waals surface area contributed by atoms with Gasteiger partial charge in [-0.25, -0.2) is 4.39 Å². The van der Waals surface area contributed by atoms with Crippen molar-refractivity contribution in [2.75, 3.05) is 5.73 Å². The van der Waals surface area contributed by atoms with E-state index in [0.717, 1.165) is 39.5 Å². The molecule has 0 spiro atoms. The summed E-state index contributed by atoms with van der Waals surface area (Å²) in [7, 11) is 0. The quantitative estimate of drug-likeness (QED) is 0.642. The highest BCUT2D eigenvalue weighted by Crippen LogP contribution is 2.30. The van der Waals surface area contributed by atoms with Gasteiger partial charge in [-0.2, -0.15) is 5.10 Å². The summed E-state index contributed by atoms with van der Waals surface area (Å²) in [6.45, 7) is 4.96. The number of nitrogens with two attached hydrogens (primary N) is 1. The van der Waals surface area contributed by atoms with E-state index in [2.05, 4.69) is 34.9 Å². The van der Waals surface area contributed by atoms with Crippen LogP contribution in [0.25, 0.3) is 0 Å².